The Morgan fingerprint density at radius 1 is 1.13 bits per heavy atom. The molecule has 0 saturated heterocycles. The fourth-order valence-electron chi connectivity index (χ4n) is 1.25. The van der Waals surface area contributed by atoms with E-state index >= 15 is 0 Å². The van der Waals surface area contributed by atoms with E-state index in [9.17, 15) is 8.78 Å². The van der Waals surface area contributed by atoms with Gasteiger partial charge in [0.1, 0.15) is 11.6 Å². The summed E-state index contributed by atoms with van der Waals surface area (Å²) in [6.07, 6.45) is 1.20. The highest BCUT2D eigenvalue weighted by Crippen LogP contribution is 2.09. The van der Waals surface area contributed by atoms with Crippen molar-refractivity contribution in [3.05, 3.63) is 35.4 Å². The normalized spacial score (nSPS) is 10.0. The highest BCUT2D eigenvalue weighted by atomic mass is 19.1. The van der Waals surface area contributed by atoms with E-state index in [1.165, 1.54) is 12.1 Å². The minimum atomic E-state index is -0.563. The molecule has 0 saturated carbocycles. The van der Waals surface area contributed by atoms with Crippen molar-refractivity contribution in [3.8, 4) is 0 Å². The van der Waals surface area contributed by atoms with E-state index < -0.39 is 11.6 Å². The Morgan fingerprint density at radius 3 is 2.27 bits per heavy atom. The Labute approximate surface area is 86.8 Å². The Balaban J connectivity index is 2.47. The molecule has 0 heterocycles. The monoisotopic (exact) mass is 213 g/mol. The van der Waals surface area contributed by atoms with Crippen molar-refractivity contribution in [3.63, 3.8) is 0 Å². The minimum Gasteiger partial charge on any atom is -0.370 e. The molecule has 0 unspecified atom stereocenters. The summed E-state index contributed by atoms with van der Waals surface area (Å²) in [5, 5.41) is 0. The predicted octanol–water partition coefficient (Wildman–Crippen LogP) is 1.17. The third-order valence-electron chi connectivity index (χ3n) is 1.84. The van der Waals surface area contributed by atoms with Gasteiger partial charge in [-0.05, 0) is 30.5 Å². The maximum Gasteiger partial charge on any atom is 0.185 e. The largest absolute Gasteiger partial charge is 0.370 e. The molecule has 15 heavy (non-hydrogen) atoms. The molecule has 0 spiro atoms. The lowest BCUT2D eigenvalue weighted by atomic mass is 10.1. The molecule has 0 aromatic heterocycles. The van der Waals surface area contributed by atoms with E-state index in [0.717, 1.165) is 6.07 Å². The smallest absolute Gasteiger partial charge is 0.185 e. The number of benzene rings is 1. The molecule has 4 N–H and O–H groups in total. The number of aryl methyl sites for hydroxylation is 1. The minimum absolute atomic E-state index is 0.0282. The summed E-state index contributed by atoms with van der Waals surface area (Å²) in [6, 6.07) is 3.46. The number of aliphatic imine (C=N–C) groups is 1. The zero-order valence-corrected chi connectivity index (χ0v) is 8.21. The molecule has 0 aliphatic carbocycles. The Bertz CT molecular complexity index is 339. The standard InChI is InChI=1S/C10H13F2N3/c11-8-4-7(5-9(12)6-8)2-1-3-15-10(13)14/h4-6H,1-3H2,(H4,13,14,15). The second-order valence-corrected chi connectivity index (χ2v) is 3.19. The number of guanidine groups is 1. The van der Waals surface area contributed by atoms with E-state index in [0.29, 0.717) is 24.9 Å². The van der Waals surface area contributed by atoms with Gasteiger partial charge in [0, 0.05) is 12.6 Å². The molecular weight excluding hydrogens is 200 g/mol. The van der Waals surface area contributed by atoms with Crippen molar-refractivity contribution < 1.29 is 8.78 Å². The molecule has 0 aliphatic heterocycles. The topological polar surface area (TPSA) is 64.4 Å². The first-order chi connectivity index (χ1) is 7.08. The summed E-state index contributed by atoms with van der Waals surface area (Å²) in [5.41, 5.74) is 10.9. The van der Waals surface area contributed by atoms with Crippen molar-refractivity contribution in [2.75, 3.05) is 6.54 Å². The van der Waals surface area contributed by atoms with Gasteiger partial charge in [0.15, 0.2) is 5.96 Å². The van der Waals surface area contributed by atoms with Crippen LogP contribution in [0.1, 0.15) is 12.0 Å². The van der Waals surface area contributed by atoms with E-state index in [4.69, 9.17) is 11.5 Å². The lowest BCUT2D eigenvalue weighted by Gasteiger charge is -2.00. The molecule has 3 nitrogen and oxygen atoms in total. The van der Waals surface area contributed by atoms with Crippen LogP contribution in [0.5, 0.6) is 0 Å². The SMILES string of the molecule is NC(N)=NCCCc1cc(F)cc(F)c1. The van der Waals surface area contributed by atoms with Crippen LogP contribution in [0, 0.1) is 11.6 Å². The lowest BCUT2D eigenvalue weighted by Crippen LogP contribution is -2.23. The van der Waals surface area contributed by atoms with Gasteiger partial charge in [-0.25, -0.2) is 8.78 Å². The van der Waals surface area contributed by atoms with Gasteiger partial charge >= 0.3 is 0 Å². The van der Waals surface area contributed by atoms with Crippen molar-refractivity contribution >= 4 is 5.96 Å². The highest BCUT2D eigenvalue weighted by molar-refractivity contribution is 5.75. The fourth-order valence-corrected chi connectivity index (χ4v) is 1.25. The lowest BCUT2D eigenvalue weighted by molar-refractivity contribution is 0.578. The molecule has 1 rings (SSSR count). The molecule has 0 amide bonds. The first-order valence-electron chi connectivity index (χ1n) is 4.58. The van der Waals surface area contributed by atoms with Crippen LogP contribution in [0.4, 0.5) is 8.78 Å². The summed E-state index contributed by atoms with van der Waals surface area (Å²) < 4.78 is 25.5. The number of hydrogen-bond donors (Lipinski definition) is 2. The molecule has 0 fully saturated rings. The van der Waals surface area contributed by atoms with Gasteiger partial charge in [0.25, 0.3) is 0 Å². The average Bonchev–Trinajstić information content (AvgIpc) is 2.10. The quantitative estimate of drug-likeness (QED) is 0.448. The Kier molecular flexibility index (Phi) is 4.03. The van der Waals surface area contributed by atoms with Crippen LogP contribution < -0.4 is 11.5 Å². The summed E-state index contributed by atoms with van der Waals surface area (Å²) in [5.74, 6) is -1.10. The van der Waals surface area contributed by atoms with Crippen LogP contribution in [-0.4, -0.2) is 12.5 Å². The summed E-state index contributed by atoms with van der Waals surface area (Å²) >= 11 is 0. The summed E-state index contributed by atoms with van der Waals surface area (Å²) in [7, 11) is 0. The number of nitrogens with two attached hydrogens (primary N) is 2. The second-order valence-electron chi connectivity index (χ2n) is 3.19. The van der Waals surface area contributed by atoms with Crippen LogP contribution in [-0.2, 0) is 6.42 Å². The molecule has 0 atom stereocenters. The van der Waals surface area contributed by atoms with Crippen LogP contribution in [0.15, 0.2) is 23.2 Å². The van der Waals surface area contributed by atoms with Gasteiger partial charge < -0.3 is 11.5 Å². The number of hydrogen-bond acceptors (Lipinski definition) is 1. The van der Waals surface area contributed by atoms with Gasteiger partial charge in [-0.3, -0.25) is 4.99 Å². The van der Waals surface area contributed by atoms with E-state index in [1.54, 1.807) is 0 Å². The number of nitrogens with zero attached hydrogens (tertiary/aromatic N) is 1. The Morgan fingerprint density at radius 2 is 1.73 bits per heavy atom. The van der Waals surface area contributed by atoms with Crippen LogP contribution in [0.25, 0.3) is 0 Å². The molecule has 0 aliphatic rings. The van der Waals surface area contributed by atoms with Gasteiger partial charge in [0.2, 0.25) is 0 Å². The van der Waals surface area contributed by atoms with Gasteiger partial charge in [-0.15, -0.1) is 0 Å². The van der Waals surface area contributed by atoms with Crippen LogP contribution in [0.3, 0.4) is 0 Å². The summed E-state index contributed by atoms with van der Waals surface area (Å²) in [4.78, 5) is 3.77. The molecule has 5 heteroatoms. The van der Waals surface area contributed by atoms with E-state index in [1.807, 2.05) is 0 Å². The van der Waals surface area contributed by atoms with E-state index in [2.05, 4.69) is 4.99 Å². The molecule has 82 valence electrons. The molecule has 1 aromatic rings. The van der Waals surface area contributed by atoms with Gasteiger partial charge in [-0.1, -0.05) is 0 Å². The maximum absolute atomic E-state index is 12.8. The fraction of sp³-hybridized carbons (Fsp3) is 0.300. The van der Waals surface area contributed by atoms with E-state index in [-0.39, 0.29) is 5.96 Å². The van der Waals surface area contributed by atoms with Crippen molar-refractivity contribution in [1.29, 1.82) is 0 Å². The summed E-state index contributed by atoms with van der Waals surface area (Å²) in [6.45, 7) is 0.459. The van der Waals surface area contributed by atoms with Crippen molar-refractivity contribution in [1.82, 2.24) is 0 Å². The van der Waals surface area contributed by atoms with Gasteiger partial charge in [-0.2, -0.15) is 0 Å². The second kappa shape index (κ2) is 5.29. The van der Waals surface area contributed by atoms with Gasteiger partial charge in [0.05, 0.1) is 0 Å². The molecule has 0 bridgehead atoms. The third kappa shape index (κ3) is 4.39. The average molecular weight is 213 g/mol. The van der Waals surface area contributed by atoms with Crippen LogP contribution in [0.2, 0.25) is 0 Å². The highest BCUT2D eigenvalue weighted by Gasteiger charge is 1.99. The zero-order chi connectivity index (χ0) is 11.3. The third-order valence-corrected chi connectivity index (χ3v) is 1.84. The molecule has 0 radical (unpaired) electrons. The van der Waals surface area contributed by atoms with Crippen molar-refractivity contribution in [2.45, 2.75) is 12.8 Å². The number of rotatable bonds is 4. The predicted molar refractivity (Wildman–Crippen MR) is 55.4 cm³/mol. The Hall–Kier alpha value is -1.65. The van der Waals surface area contributed by atoms with Crippen molar-refractivity contribution in [2.24, 2.45) is 16.5 Å². The first-order valence-corrected chi connectivity index (χ1v) is 4.58. The molecule has 1 aromatic carbocycles. The molecular formula is C10H13F2N3. The number of halogens is 2. The van der Waals surface area contributed by atoms with Crippen LogP contribution >= 0.6 is 0 Å². The zero-order valence-electron chi connectivity index (χ0n) is 8.21. The maximum atomic E-state index is 12.8. The first kappa shape index (κ1) is 11.4.